The van der Waals surface area contributed by atoms with E-state index >= 15 is 0 Å². The highest BCUT2D eigenvalue weighted by Crippen LogP contribution is 2.27. The van der Waals surface area contributed by atoms with Crippen LogP contribution in [0.25, 0.3) is 5.70 Å². The normalized spacial score (nSPS) is 14.1. The molecule has 0 spiro atoms. The summed E-state index contributed by atoms with van der Waals surface area (Å²) in [6.45, 7) is 0.935. The van der Waals surface area contributed by atoms with Gasteiger partial charge in [0.05, 0.1) is 6.10 Å². The molecule has 1 atom stereocenters. The van der Waals surface area contributed by atoms with Crippen molar-refractivity contribution >= 4 is 23.5 Å². The number of aliphatic hydroxyl groups excluding tert-OH is 1. The van der Waals surface area contributed by atoms with Gasteiger partial charge in [-0.2, -0.15) is 5.10 Å². The van der Waals surface area contributed by atoms with Crippen molar-refractivity contribution in [3.63, 3.8) is 0 Å². The Kier molecular flexibility index (Phi) is 7.04. The minimum absolute atomic E-state index is 0.0836. The van der Waals surface area contributed by atoms with Crippen LogP contribution in [0, 0.1) is 5.82 Å². The molecule has 0 aliphatic carbocycles. The maximum atomic E-state index is 13.5. The number of aliphatic imine (C=N–C) groups is 1. The van der Waals surface area contributed by atoms with Crippen LogP contribution >= 0.6 is 11.6 Å². The molecule has 0 saturated heterocycles. The lowest BCUT2D eigenvalue weighted by molar-refractivity contribution is 0.122. The van der Waals surface area contributed by atoms with Gasteiger partial charge in [-0.05, 0) is 36.3 Å². The Morgan fingerprint density at radius 3 is 2.74 bits per heavy atom. The second kappa shape index (κ2) is 9.05. The van der Waals surface area contributed by atoms with Gasteiger partial charge in [-0.1, -0.05) is 11.6 Å². The molecule has 0 saturated carbocycles. The molecule has 0 unspecified atom stereocenters. The molecule has 0 aliphatic heterocycles. The molecule has 0 bridgehead atoms. The molecule has 5 nitrogen and oxygen atoms in total. The summed E-state index contributed by atoms with van der Waals surface area (Å²) in [5.41, 5.74) is 8.35. The number of hydrogen-bond donors (Lipinski definition) is 2. The van der Waals surface area contributed by atoms with Crippen LogP contribution < -0.4 is 5.73 Å². The number of rotatable bonds is 7. The number of nitrogens with two attached hydrogens (primary N) is 1. The molecule has 0 radical (unpaired) electrons. The molecule has 1 aromatic heterocycles. The number of aromatic nitrogens is 2. The van der Waals surface area contributed by atoms with E-state index in [1.807, 2.05) is 0 Å². The van der Waals surface area contributed by atoms with Gasteiger partial charge < -0.3 is 10.8 Å². The van der Waals surface area contributed by atoms with Gasteiger partial charge in [0.2, 0.25) is 0 Å². The molecule has 3 N–H and O–H groups in total. The molecule has 146 valence electrons. The van der Waals surface area contributed by atoms with Gasteiger partial charge in [-0.15, -0.1) is 0 Å². The van der Waals surface area contributed by atoms with E-state index in [0.29, 0.717) is 22.3 Å². The lowest BCUT2D eigenvalue weighted by Gasteiger charge is -2.15. The number of allylic oxidation sites excluding steroid dienone is 1. The summed E-state index contributed by atoms with van der Waals surface area (Å²) in [5.74, 6) is -0.496. The Bertz CT molecular complexity index is 862. The average Bonchev–Trinajstić information content (AvgIpc) is 2.92. The van der Waals surface area contributed by atoms with Crippen molar-refractivity contribution in [2.45, 2.75) is 32.4 Å². The van der Waals surface area contributed by atoms with Crippen LogP contribution in [0.15, 0.2) is 35.0 Å². The molecule has 2 rings (SSSR count). The van der Waals surface area contributed by atoms with Crippen LogP contribution in [0.1, 0.15) is 29.7 Å². The SMILES string of the molecule is CN=CC(Cc1cn(CC(F)F)nc1Cl)=C(N)c1ccc(F)cc1[C@@H](C)O. The number of aliphatic hydroxyl groups is 1. The van der Waals surface area contributed by atoms with Gasteiger partial charge in [-0.25, -0.2) is 13.2 Å². The smallest absolute Gasteiger partial charge is 0.257 e. The van der Waals surface area contributed by atoms with E-state index in [1.165, 1.54) is 37.5 Å². The summed E-state index contributed by atoms with van der Waals surface area (Å²) in [5, 5.41) is 13.9. The summed E-state index contributed by atoms with van der Waals surface area (Å²) < 4.78 is 39.7. The van der Waals surface area contributed by atoms with Crippen LogP contribution in [-0.4, -0.2) is 34.6 Å². The van der Waals surface area contributed by atoms with E-state index in [2.05, 4.69) is 10.1 Å². The van der Waals surface area contributed by atoms with Crippen molar-refractivity contribution < 1.29 is 18.3 Å². The fraction of sp³-hybridized carbons (Fsp3) is 0.333. The van der Waals surface area contributed by atoms with Gasteiger partial charge in [-0.3, -0.25) is 9.67 Å². The zero-order valence-electron chi connectivity index (χ0n) is 14.8. The van der Waals surface area contributed by atoms with Crippen molar-refractivity contribution in [1.29, 1.82) is 0 Å². The average molecular weight is 401 g/mol. The Balaban J connectivity index is 2.47. The molecule has 0 amide bonds. The fourth-order valence-corrected chi connectivity index (χ4v) is 2.87. The first-order chi connectivity index (χ1) is 12.7. The predicted molar refractivity (Wildman–Crippen MR) is 99.5 cm³/mol. The summed E-state index contributed by atoms with van der Waals surface area (Å²) in [6, 6.07) is 3.92. The van der Waals surface area contributed by atoms with Crippen LogP contribution in [0.5, 0.6) is 0 Å². The molecule has 0 aliphatic rings. The van der Waals surface area contributed by atoms with Gasteiger partial charge in [0, 0.05) is 42.7 Å². The molecule has 9 heteroatoms. The molecular formula is C18H20ClF3N4O. The Morgan fingerprint density at radius 2 is 2.15 bits per heavy atom. The molecular weight excluding hydrogens is 381 g/mol. The van der Waals surface area contributed by atoms with Crippen molar-refractivity contribution in [3.8, 4) is 0 Å². The lowest BCUT2D eigenvalue weighted by atomic mass is 9.96. The molecule has 0 fully saturated rings. The zero-order valence-corrected chi connectivity index (χ0v) is 15.6. The van der Waals surface area contributed by atoms with E-state index < -0.39 is 24.9 Å². The number of nitrogens with zero attached hydrogens (tertiary/aromatic N) is 3. The summed E-state index contributed by atoms with van der Waals surface area (Å²) in [6.07, 6.45) is -0.385. The highest BCUT2D eigenvalue weighted by Gasteiger charge is 2.17. The zero-order chi connectivity index (χ0) is 20.1. The third-order valence-electron chi connectivity index (χ3n) is 3.88. The van der Waals surface area contributed by atoms with Crippen LogP contribution in [0.4, 0.5) is 13.2 Å². The van der Waals surface area contributed by atoms with Crippen LogP contribution in [-0.2, 0) is 13.0 Å². The molecule has 1 aromatic carbocycles. The van der Waals surface area contributed by atoms with Crippen molar-refractivity contribution in [2.24, 2.45) is 10.7 Å². The van der Waals surface area contributed by atoms with E-state index in [0.717, 1.165) is 4.68 Å². The highest BCUT2D eigenvalue weighted by molar-refractivity contribution is 6.30. The monoisotopic (exact) mass is 400 g/mol. The standard InChI is InChI=1S/C18H20ClF3N4O/c1-10(27)15-6-13(20)3-4-14(15)17(23)11(7-24-2)5-12-8-26(9-16(21)22)25-18(12)19/h3-4,6-8,10,16,27H,5,9,23H2,1-2H3/t10-/m1/s1. The van der Waals surface area contributed by atoms with Crippen LogP contribution in [0.3, 0.4) is 0 Å². The maximum absolute atomic E-state index is 13.5. The topological polar surface area (TPSA) is 76.4 Å². The first-order valence-electron chi connectivity index (χ1n) is 8.11. The largest absolute Gasteiger partial charge is 0.398 e. The van der Waals surface area contributed by atoms with Gasteiger partial charge in [0.15, 0.2) is 5.15 Å². The van der Waals surface area contributed by atoms with Gasteiger partial charge in [0.25, 0.3) is 6.43 Å². The van der Waals surface area contributed by atoms with E-state index in [4.69, 9.17) is 17.3 Å². The van der Waals surface area contributed by atoms with Crippen molar-refractivity contribution in [2.75, 3.05) is 7.05 Å². The summed E-state index contributed by atoms with van der Waals surface area (Å²) in [4.78, 5) is 3.97. The lowest BCUT2D eigenvalue weighted by Crippen LogP contribution is -2.10. The highest BCUT2D eigenvalue weighted by atomic mass is 35.5. The molecule has 1 heterocycles. The third-order valence-corrected chi connectivity index (χ3v) is 4.20. The maximum Gasteiger partial charge on any atom is 0.257 e. The van der Waals surface area contributed by atoms with Crippen LogP contribution in [0.2, 0.25) is 5.15 Å². The number of hydrogen-bond acceptors (Lipinski definition) is 4. The Morgan fingerprint density at radius 1 is 1.44 bits per heavy atom. The van der Waals surface area contributed by atoms with E-state index in [-0.39, 0.29) is 17.3 Å². The number of halogens is 4. The Labute approximate surface area is 160 Å². The minimum atomic E-state index is -2.56. The molecule has 27 heavy (non-hydrogen) atoms. The van der Waals surface area contributed by atoms with Gasteiger partial charge in [0.1, 0.15) is 12.4 Å². The van der Waals surface area contributed by atoms with E-state index in [9.17, 15) is 18.3 Å². The van der Waals surface area contributed by atoms with Gasteiger partial charge >= 0.3 is 0 Å². The number of alkyl halides is 2. The first-order valence-corrected chi connectivity index (χ1v) is 8.49. The second-order valence-corrected chi connectivity index (χ2v) is 6.33. The summed E-state index contributed by atoms with van der Waals surface area (Å²) >= 11 is 6.05. The second-order valence-electron chi connectivity index (χ2n) is 5.97. The van der Waals surface area contributed by atoms with Crippen molar-refractivity contribution in [1.82, 2.24) is 9.78 Å². The minimum Gasteiger partial charge on any atom is -0.398 e. The Hall–Kier alpha value is -2.32. The third kappa shape index (κ3) is 5.33. The quantitative estimate of drug-likeness (QED) is 0.697. The number of benzene rings is 1. The first kappa shape index (κ1) is 21.0. The molecule has 2 aromatic rings. The predicted octanol–water partition coefficient (Wildman–Crippen LogP) is 3.61. The fourth-order valence-electron chi connectivity index (χ4n) is 2.66. The summed E-state index contributed by atoms with van der Waals surface area (Å²) in [7, 11) is 1.55. The van der Waals surface area contributed by atoms with E-state index in [1.54, 1.807) is 7.05 Å². The van der Waals surface area contributed by atoms with Crippen molar-refractivity contribution in [3.05, 3.63) is 57.6 Å².